The van der Waals surface area contributed by atoms with Gasteiger partial charge in [0.2, 0.25) is 0 Å². The van der Waals surface area contributed by atoms with Crippen LogP contribution >= 0.6 is 0 Å². The average molecular weight is 291 g/mol. The second kappa shape index (κ2) is 6.22. The molecule has 7 heteroatoms. The van der Waals surface area contributed by atoms with Gasteiger partial charge in [0.25, 0.3) is 0 Å². The normalized spacial score (nSPS) is 13.3. The lowest BCUT2D eigenvalue weighted by Crippen LogP contribution is -2.40. The lowest BCUT2D eigenvalue weighted by molar-refractivity contribution is -0.137. The molecule has 0 saturated heterocycles. The molecule has 1 saturated carbocycles. The first kappa shape index (κ1) is 14.8. The van der Waals surface area contributed by atoms with E-state index in [0.717, 1.165) is 25.0 Å². The molecule has 0 bridgehead atoms. The summed E-state index contributed by atoms with van der Waals surface area (Å²) in [7, 11) is 0. The first-order chi connectivity index (χ1) is 9.99. The number of nitrogens with one attached hydrogen (secondary N) is 1. The minimum absolute atomic E-state index is 0.00922. The molecule has 2 N–H and O–H groups in total. The van der Waals surface area contributed by atoms with Crippen LogP contribution in [-0.4, -0.2) is 35.1 Å². The predicted molar refractivity (Wildman–Crippen MR) is 72.1 cm³/mol. The Morgan fingerprint density at radius 1 is 1.48 bits per heavy atom. The number of aliphatic carboxylic acids is 1. The molecule has 2 amide bonds. The van der Waals surface area contributed by atoms with E-state index in [0.29, 0.717) is 12.5 Å². The average Bonchev–Trinajstić information content (AvgIpc) is 3.23. The fraction of sp³-hybridized carbons (Fsp3) is 0.357. The highest BCUT2D eigenvalue weighted by Crippen LogP contribution is 2.30. The number of carbonyl (C=O) groups excluding carboxylic acids is 1. The number of hydrogen-bond acceptors (Lipinski definition) is 3. The van der Waals surface area contributed by atoms with Crippen molar-refractivity contribution in [3.8, 4) is 6.07 Å². The number of halogens is 1. The van der Waals surface area contributed by atoms with E-state index in [1.165, 1.54) is 11.0 Å². The maximum absolute atomic E-state index is 13.0. The fourth-order valence-electron chi connectivity index (χ4n) is 1.91. The molecule has 0 spiro atoms. The third-order valence-corrected chi connectivity index (χ3v) is 3.13. The van der Waals surface area contributed by atoms with Gasteiger partial charge in [0.05, 0.1) is 11.3 Å². The number of amides is 2. The van der Waals surface area contributed by atoms with E-state index in [1.54, 1.807) is 6.07 Å². The van der Waals surface area contributed by atoms with Crippen molar-refractivity contribution in [2.45, 2.75) is 12.8 Å². The Kier molecular flexibility index (Phi) is 4.38. The van der Waals surface area contributed by atoms with Crippen molar-refractivity contribution in [3.63, 3.8) is 0 Å². The van der Waals surface area contributed by atoms with E-state index in [9.17, 15) is 14.0 Å². The van der Waals surface area contributed by atoms with Crippen LogP contribution in [0.1, 0.15) is 18.4 Å². The van der Waals surface area contributed by atoms with Gasteiger partial charge in [-0.05, 0) is 37.0 Å². The molecular weight excluding hydrogens is 277 g/mol. The lowest BCUT2D eigenvalue weighted by Gasteiger charge is -2.21. The number of urea groups is 1. The zero-order chi connectivity index (χ0) is 15.4. The van der Waals surface area contributed by atoms with E-state index in [1.807, 2.05) is 0 Å². The highest BCUT2D eigenvalue weighted by Gasteiger charge is 2.28. The second-order valence-electron chi connectivity index (χ2n) is 4.95. The molecule has 1 fully saturated rings. The van der Waals surface area contributed by atoms with Crippen LogP contribution in [-0.2, 0) is 4.79 Å². The van der Waals surface area contributed by atoms with Crippen LogP contribution < -0.4 is 5.32 Å². The smallest absolute Gasteiger partial charge is 0.323 e. The van der Waals surface area contributed by atoms with Crippen molar-refractivity contribution in [1.82, 2.24) is 4.90 Å². The topological polar surface area (TPSA) is 93.4 Å². The van der Waals surface area contributed by atoms with Gasteiger partial charge in [-0.15, -0.1) is 0 Å². The van der Waals surface area contributed by atoms with Gasteiger partial charge in [-0.3, -0.25) is 4.79 Å². The molecule has 0 atom stereocenters. The largest absolute Gasteiger partial charge is 0.480 e. The SMILES string of the molecule is N#Cc1cc(F)ccc1NC(=O)N(CC(=O)O)CC1CC1. The molecule has 0 heterocycles. The Balaban J connectivity index is 2.10. The van der Waals surface area contributed by atoms with Crippen LogP contribution in [0, 0.1) is 23.1 Å². The summed E-state index contributed by atoms with van der Waals surface area (Å²) >= 11 is 0. The monoisotopic (exact) mass is 291 g/mol. The van der Waals surface area contributed by atoms with E-state index in [4.69, 9.17) is 10.4 Å². The second-order valence-corrected chi connectivity index (χ2v) is 4.95. The Morgan fingerprint density at radius 3 is 2.76 bits per heavy atom. The van der Waals surface area contributed by atoms with Crippen molar-refractivity contribution < 1.29 is 19.1 Å². The molecule has 21 heavy (non-hydrogen) atoms. The van der Waals surface area contributed by atoms with Gasteiger partial charge in [0, 0.05) is 6.54 Å². The summed E-state index contributed by atoms with van der Waals surface area (Å²) in [6.07, 6.45) is 1.95. The first-order valence-corrected chi connectivity index (χ1v) is 6.47. The van der Waals surface area contributed by atoms with E-state index in [-0.39, 0.29) is 11.3 Å². The molecule has 2 rings (SSSR count). The van der Waals surface area contributed by atoms with Crippen LogP contribution in [0.25, 0.3) is 0 Å². The Morgan fingerprint density at radius 2 is 2.19 bits per heavy atom. The zero-order valence-electron chi connectivity index (χ0n) is 11.2. The number of rotatable bonds is 5. The summed E-state index contributed by atoms with van der Waals surface area (Å²) in [6.45, 7) is -0.0490. The minimum Gasteiger partial charge on any atom is -0.480 e. The standard InChI is InChI=1S/C14H14FN3O3/c15-11-3-4-12(10(5-11)6-16)17-14(21)18(8-13(19)20)7-9-1-2-9/h3-5,9H,1-2,7-8H2,(H,17,21)(H,19,20). The molecule has 1 aliphatic rings. The van der Waals surface area contributed by atoms with Gasteiger partial charge in [0.15, 0.2) is 0 Å². The number of carbonyl (C=O) groups is 2. The Bertz CT molecular complexity index is 608. The number of carboxylic acids is 1. The third-order valence-electron chi connectivity index (χ3n) is 3.13. The molecule has 1 aromatic carbocycles. The minimum atomic E-state index is -1.11. The third kappa shape index (κ3) is 4.18. The molecule has 0 radical (unpaired) electrons. The van der Waals surface area contributed by atoms with Crippen LogP contribution in [0.2, 0.25) is 0 Å². The summed E-state index contributed by atoms with van der Waals surface area (Å²) < 4.78 is 13.0. The fourth-order valence-corrected chi connectivity index (χ4v) is 1.91. The predicted octanol–water partition coefficient (Wildman–Crippen LogP) is 2.03. The Hall–Kier alpha value is -2.62. The highest BCUT2D eigenvalue weighted by atomic mass is 19.1. The van der Waals surface area contributed by atoms with E-state index < -0.39 is 24.4 Å². The van der Waals surface area contributed by atoms with Gasteiger partial charge in [-0.1, -0.05) is 0 Å². The van der Waals surface area contributed by atoms with Crippen molar-refractivity contribution in [1.29, 1.82) is 5.26 Å². The van der Waals surface area contributed by atoms with Crippen LogP contribution in [0.3, 0.4) is 0 Å². The van der Waals surface area contributed by atoms with Gasteiger partial charge in [0.1, 0.15) is 18.4 Å². The lowest BCUT2D eigenvalue weighted by atomic mass is 10.2. The number of anilines is 1. The molecule has 0 unspecified atom stereocenters. The van der Waals surface area contributed by atoms with Crippen molar-refractivity contribution >= 4 is 17.7 Å². The molecule has 1 aromatic rings. The maximum atomic E-state index is 13.0. The molecule has 0 aliphatic heterocycles. The number of hydrogen-bond donors (Lipinski definition) is 2. The summed E-state index contributed by atoms with van der Waals surface area (Å²) in [6, 6.07) is 4.60. The Labute approximate surface area is 120 Å². The van der Waals surface area contributed by atoms with Crippen LogP contribution in [0.15, 0.2) is 18.2 Å². The first-order valence-electron chi connectivity index (χ1n) is 6.47. The number of nitriles is 1. The van der Waals surface area contributed by atoms with Crippen molar-refractivity contribution in [3.05, 3.63) is 29.6 Å². The molecule has 6 nitrogen and oxygen atoms in total. The quantitative estimate of drug-likeness (QED) is 0.868. The zero-order valence-corrected chi connectivity index (χ0v) is 11.2. The maximum Gasteiger partial charge on any atom is 0.323 e. The summed E-state index contributed by atoms with van der Waals surface area (Å²) in [5.41, 5.74) is 0.153. The molecule has 0 aromatic heterocycles. The highest BCUT2D eigenvalue weighted by molar-refractivity contribution is 5.92. The van der Waals surface area contributed by atoms with Crippen LogP contribution in [0.4, 0.5) is 14.9 Å². The van der Waals surface area contributed by atoms with Crippen LogP contribution in [0.5, 0.6) is 0 Å². The molecule has 110 valence electrons. The van der Waals surface area contributed by atoms with Gasteiger partial charge in [-0.2, -0.15) is 5.26 Å². The summed E-state index contributed by atoms with van der Waals surface area (Å²) in [4.78, 5) is 24.1. The number of benzene rings is 1. The van der Waals surface area contributed by atoms with Crippen molar-refractivity contribution in [2.24, 2.45) is 5.92 Å². The van der Waals surface area contributed by atoms with Gasteiger partial charge in [-0.25, -0.2) is 9.18 Å². The number of carboxylic acid groups (broad SMARTS) is 1. The summed E-state index contributed by atoms with van der Waals surface area (Å²) in [5, 5.41) is 20.2. The van der Waals surface area contributed by atoms with E-state index >= 15 is 0 Å². The molecular formula is C14H14FN3O3. The summed E-state index contributed by atoms with van der Waals surface area (Å²) in [5.74, 6) is -1.35. The van der Waals surface area contributed by atoms with Crippen molar-refractivity contribution in [2.75, 3.05) is 18.4 Å². The number of nitrogens with zero attached hydrogens (tertiary/aromatic N) is 2. The van der Waals surface area contributed by atoms with Gasteiger partial charge >= 0.3 is 12.0 Å². The van der Waals surface area contributed by atoms with E-state index in [2.05, 4.69) is 5.32 Å². The molecule has 1 aliphatic carbocycles. The van der Waals surface area contributed by atoms with Gasteiger partial charge < -0.3 is 15.3 Å².